The van der Waals surface area contributed by atoms with Crippen LogP contribution in [0.4, 0.5) is 0 Å². The summed E-state index contributed by atoms with van der Waals surface area (Å²) in [6.07, 6.45) is 1.68. The molecule has 0 aliphatic heterocycles. The molecule has 3 aromatic rings. The minimum atomic E-state index is -0.0814. The molecule has 0 aliphatic carbocycles. The Balaban J connectivity index is 2.16. The van der Waals surface area contributed by atoms with Crippen LogP contribution in [0.15, 0.2) is 47.1 Å². The number of carbonyl (C=O) groups is 1. The van der Waals surface area contributed by atoms with Crippen molar-refractivity contribution in [2.45, 2.75) is 0 Å². The van der Waals surface area contributed by atoms with Crippen molar-refractivity contribution >= 4 is 55.8 Å². The topological polar surface area (TPSA) is 32.9 Å². The molecule has 1 aromatic heterocycles. The van der Waals surface area contributed by atoms with Gasteiger partial charge in [-0.25, -0.2) is 0 Å². The molecule has 1 heterocycles. The van der Waals surface area contributed by atoms with Gasteiger partial charge < -0.3 is 4.98 Å². The molecule has 100 valence electrons. The van der Waals surface area contributed by atoms with Crippen LogP contribution in [0, 0.1) is 0 Å². The first-order chi connectivity index (χ1) is 9.58. The van der Waals surface area contributed by atoms with E-state index in [9.17, 15) is 4.79 Å². The Hall–Kier alpha value is -1.29. The summed E-state index contributed by atoms with van der Waals surface area (Å²) in [7, 11) is 0. The minimum Gasteiger partial charge on any atom is -0.359 e. The number of H-pyrrole nitrogens is 1. The number of nitrogens with one attached hydrogen (secondary N) is 1. The average molecular weight is 369 g/mol. The third-order valence-corrected chi connectivity index (χ3v) is 4.29. The quantitative estimate of drug-likeness (QED) is 0.598. The highest BCUT2D eigenvalue weighted by Gasteiger charge is 2.17. The first-order valence-corrected chi connectivity index (χ1v) is 7.38. The van der Waals surface area contributed by atoms with E-state index in [4.69, 9.17) is 23.2 Å². The Morgan fingerprint density at radius 2 is 1.90 bits per heavy atom. The van der Waals surface area contributed by atoms with E-state index in [1.807, 2.05) is 12.1 Å². The van der Waals surface area contributed by atoms with Gasteiger partial charge in [0.15, 0.2) is 5.78 Å². The number of aromatic nitrogens is 1. The number of para-hydroxylation sites is 1. The average Bonchev–Trinajstić information content (AvgIpc) is 2.83. The van der Waals surface area contributed by atoms with Crippen LogP contribution < -0.4 is 0 Å². The van der Waals surface area contributed by atoms with Gasteiger partial charge in [0.2, 0.25) is 0 Å². The lowest BCUT2D eigenvalue weighted by atomic mass is 10.0. The van der Waals surface area contributed by atoms with E-state index in [1.165, 1.54) is 0 Å². The maximum Gasteiger partial charge on any atom is 0.196 e. The largest absolute Gasteiger partial charge is 0.359 e. The lowest BCUT2D eigenvalue weighted by molar-refractivity contribution is 0.103. The molecule has 0 spiro atoms. The zero-order valence-electron chi connectivity index (χ0n) is 10.1. The Kier molecular flexibility index (Phi) is 3.59. The van der Waals surface area contributed by atoms with E-state index in [2.05, 4.69) is 20.9 Å². The van der Waals surface area contributed by atoms with Gasteiger partial charge in [0, 0.05) is 32.2 Å². The molecule has 0 amide bonds. The second-order valence-corrected chi connectivity index (χ2v) is 6.02. The highest BCUT2D eigenvalue weighted by Crippen LogP contribution is 2.29. The molecule has 0 unspecified atom stereocenters. The van der Waals surface area contributed by atoms with Crippen LogP contribution in [0.25, 0.3) is 10.9 Å². The number of halogens is 3. The summed E-state index contributed by atoms with van der Waals surface area (Å²) >= 11 is 15.4. The molecule has 0 aliphatic rings. The van der Waals surface area contributed by atoms with Gasteiger partial charge in [0.25, 0.3) is 0 Å². The maximum absolute atomic E-state index is 12.6. The third kappa shape index (κ3) is 2.26. The zero-order valence-corrected chi connectivity index (χ0v) is 13.2. The summed E-state index contributed by atoms with van der Waals surface area (Å²) in [6.45, 7) is 0. The monoisotopic (exact) mass is 367 g/mol. The van der Waals surface area contributed by atoms with Crippen molar-refractivity contribution in [2.24, 2.45) is 0 Å². The first-order valence-electron chi connectivity index (χ1n) is 5.83. The van der Waals surface area contributed by atoms with E-state index >= 15 is 0 Å². The van der Waals surface area contributed by atoms with Gasteiger partial charge in [0.05, 0.1) is 10.5 Å². The number of ketones is 1. The SMILES string of the molecule is O=C(c1ccc(Cl)cc1Br)c1c[nH]c2c(Cl)cccc12. The van der Waals surface area contributed by atoms with Gasteiger partial charge in [-0.3, -0.25) is 4.79 Å². The normalized spacial score (nSPS) is 10.9. The Bertz CT molecular complexity index is 826. The molecule has 0 fully saturated rings. The smallest absolute Gasteiger partial charge is 0.196 e. The van der Waals surface area contributed by atoms with Crippen LogP contribution in [0.3, 0.4) is 0 Å². The van der Waals surface area contributed by atoms with E-state index in [1.54, 1.807) is 30.5 Å². The third-order valence-electron chi connectivity index (χ3n) is 3.09. The predicted octanol–water partition coefficient (Wildman–Crippen LogP) is 5.47. The van der Waals surface area contributed by atoms with Crippen molar-refractivity contribution in [1.29, 1.82) is 0 Å². The Labute approximate surface area is 133 Å². The van der Waals surface area contributed by atoms with Gasteiger partial charge in [-0.15, -0.1) is 0 Å². The van der Waals surface area contributed by atoms with E-state index in [0.717, 1.165) is 10.9 Å². The highest BCUT2D eigenvalue weighted by molar-refractivity contribution is 9.10. The summed E-state index contributed by atoms with van der Waals surface area (Å²) < 4.78 is 0.673. The molecule has 5 heteroatoms. The van der Waals surface area contributed by atoms with Crippen LogP contribution in [-0.4, -0.2) is 10.8 Å². The lowest BCUT2D eigenvalue weighted by Crippen LogP contribution is -2.01. The second kappa shape index (κ2) is 5.24. The summed E-state index contributed by atoms with van der Waals surface area (Å²) in [6, 6.07) is 10.6. The number of aromatic amines is 1. The van der Waals surface area contributed by atoms with Crippen LogP contribution in [0.1, 0.15) is 15.9 Å². The van der Waals surface area contributed by atoms with Crippen LogP contribution in [0.2, 0.25) is 10.0 Å². The second-order valence-electron chi connectivity index (χ2n) is 4.32. The minimum absolute atomic E-state index is 0.0814. The molecule has 20 heavy (non-hydrogen) atoms. The van der Waals surface area contributed by atoms with Gasteiger partial charge >= 0.3 is 0 Å². The van der Waals surface area contributed by atoms with Gasteiger partial charge in [-0.2, -0.15) is 0 Å². The fraction of sp³-hybridized carbons (Fsp3) is 0. The molecular weight excluding hydrogens is 361 g/mol. The number of benzene rings is 2. The number of hydrogen-bond acceptors (Lipinski definition) is 1. The molecule has 2 aromatic carbocycles. The predicted molar refractivity (Wildman–Crippen MR) is 85.9 cm³/mol. The summed E-state index contributed by atoms with van der Waals surface area (Å²) in [5, 5.41) is 1.98. The van der Waals surface area contributed by atoms with Crippen molar-refractivity contribution in [2.75, 3.05) is 0 Å². The molecule has 0 radical (unpaired) electrons. The van der Waals surface area contributed by atoms with E-state index in [0.29, 0.717) is 25.6 Å². The van der Waals surface area contributed by atoms with Gasteiger partial charge in [-0.1, -0.05) is 35.3 Å². The van der Waals surface area contributed by atoms with E-state index in [-0.39, 0.29) is 5.78 Å². The lowest BCUT2D eigenvalue weighted by Gasteiger charge is -2.03. The van der Waals surface area contributed by atoms with Crippen molar-refractivity contribution in [3.63, 3.8) is 0 Å². The van der Waals surface area contributed by atoms with Crippen molar-refractivity contribution in [1.82, 2.24) is 4.98 Å². The zero-order chi connectivity index (χ0) is 14.3. The van der Waals surface area contributed by atoms with Gasteiger partial charge in [0.1, 0.15) is 0 Å². The van der Waals surface area contributed by atoms with E-state index < -0.39 is 0 Å². The van der Waals surface area contributed by atoms with Crippen LogP contribution in [-0.2, 0) is 0 Å². The molecule has 0 saturated carbocycles. The number of hydrogen-bond donors (Lipinski definition) is 1. The molecule has 0 bridgehead atoms. The molecule has 1 N–H and O–H groups in total. The maximum atomic E-state index is 12.6. The Morgan fingerprint density at radius 3 is 2.65 bits per heavy atom. The summed E-state index contributed by atoms with van der Waals surface area (Å²) in [4.78, 5) is 15.7. The molecular formula is C15H8BrCl2NO. The molecule has 0 saturated heterocycles. The first kappa shape index (κ1) is 13.7. The molecule has 2 nitrogen and oxygen atoms in total. The van der Waals surface area contributed by atoms with Crippen molar-refractivity contribution in [3.8, 4) is 0 Å². The Morgan fingerprint density at radius 1 is 1.10 bits per heavy atom. The van der Waals surface area contributed by atoms with Crippen LogP contribution >= 0.6 is 39.1 Å². The fourth-order valence-electron chi connectivity index (χ4n) is 2.12. The highest BCUT2D eigenvalue weighted by atomic mass is 79.9. The summed E-state index contributed by atoms with van der Waals surface area (Å²) in [5.74, 6) is -0.0814. The number of carbonyl (C=O) groups excluding carboxylic acids is 1. The van der Waals surface area contributed by atoms with Crippen molar-refractivity contribution in [3.05, 3.63) is 68.2 Å². The van der Waals surface area contributed by atoms with Crippen molar-refractivity contribution < 1.29 is 4.79 Å². The molecule has 0 atom stereocenters. The van der Waals surface area contributed by atoms with Crippen LogP contribution in [0.5, 0.6) is 0 Å². The number of rotatable bonds is 2. The molecule has 3 rings (SSSR count). The fourth-order valence-corrected chi connectivity index (χ4v) is 3.22. The number of fused-ring (bicyclic) bond motifs is 1. The summed E-state index contributed by atoms with van der Waals surface area (Å²) in [5.41, 5.74) is 1.92. The standard InChI is InChI=1S/C15H8BrCl2NO/c16-12-6-8(17)4-5-10(12)15(20)11-7-19-14-9(11)2-1-3-13(14)18/h1-7,19H. The van der Waals surface area contributed by atoms with Gasteiger partial charge in [-0.05, 0) is 40.2 Å².